The Morgan fingerprint density at radius 2 is 1.85 bits per heavy atom. The number of nitrogens with zero attached hydrogens (tertiary/aromatic N) is 1. The SMILES string of the molecule is CCC(=O)Oc1ccc(/C=C2\C(=O)NN(c3ccccc3)C2=O)cc1OC. The number of hydrogen-bond acceptors (Lipinski definition) is 5. The van der Waals surface area contributed by atoms with E-state index in [-0.39, 0.29) is 23.7 Å². The number of methoxy groups -OCH3 is 1. The average molecular weight is 366 g/mol. The first-order valence-electron chi connectivity index (χ1n) is 8.34. The van der Waals surface area contributed by atoms with Crippen LogP contribution in [-0.2, 0) is 14.4 Å². The molecule has 0 unspecified atom stereocenters. The van der Waals surface area contributed by atoms with E-state index < -0.39 is 11.8 Å². The molecule has 0 atom stereocenters. The van der Waals surface area contributed by atoms with Gasteiger partial charge in [0.25, 0.3) is 11.8 Å². The van der Waals surface area contributed by atoms with Gasteiger partial charge < -0.3 is 9.47 Å². The van der Waals surface area contributed by atoms with Gasteiger partial charge in [-0.05, 0) is 35.9 Å². The molecule has 2 aromatic carbocycles. The number of hydrogen-bond donors (Lipinski definition) is 1. The summed E-state index contributed by atoms with van der Waals surface area (Å²) in [7, 11) is 1.44. The molecule has 0 radical (unpaired) electrons. The Morgan fingerprint density at radius 1 is 1.11 bits per heavy atom. The predicted molar refractivity (Wildman–Crippen MR) is 99.0 cm³/mol. The van der Waals surface area contributed by atoms with Gasteiger partial charge in [0.1, 0.15) is 5.57 Å². The summed E-state index contributed by atoms with van der Waals surface area (Å²) in [5.41, 5.74) is 3.67. The monoisotopic (exact) mass is 366 g/mol. The molecule has 0 saturated carbocycles. The predicted octanol–water partition coefficient (Wildman–Crippen LogP) is 2.47. The second kappa shape index (κ2) is 7.74. The second-order valence-electron chi connectivity index (χ2n) is 5.71. The van der Waals surface area contributed by atoms with E-state index in [4.69, 9.17) is 9.47 Å². The summed E-state index contributed by atoms with van der Waals surface area (Å²) < 4.78 is 10.4. The van der Waals surface area contributed by atoms with Crippen LogP contribution < -0.4 is 19.9 Å². The number of benzene rings is 2. The fourth-order valence-electron chi connectivity index (χ4n) is 2.54. The number of nitrogens with one attached hydrogen (secondary N) is 1. The molecule has 0 aromatic heterocycles. The van der Waals surface area contributed by atoms with Crippen molar-refractivity contribution in [2.75, 3.05) is 12.1 Å². The minimum atomic E-state index is -0.496. The van der Waals surface area contributed by atoms with Crippen LogP contribution >= 0.6 is 0 Å². The Balaban J connectivity index is 1.88. The molecule has 138 valence electrons. The first-order valence-corrected chi connectivity index (χ1v) is 8.34. The molecular weight excluding hydrogens is 348 g/mol. The molecule has 0 bridgehead atoms. The highest BCUT2D eigenvalue weighted by Crippen LogP contribution is 2.30. The van der Waals surface area contributed by atoms with Gasteiger partial charge in [0, 0.05) is 6.42 Å². The lowest BCUT2D eigenvalue weighted by atomic mass is 10.1. The molecule has 1 heterocycles. The number of rotatable bonds is 5. The molecule has 1 fully saturated rings. The van der Waals surface area contributed by atoms with Crippen molar-refractivity contribution in [2.45, 2.75) is 13.3 Å². The maximum Gasteiger partial charge on any atom is 0.311 e. The third kappa shape index (κ3) is 3.82. The van der Waals surface area contributed by atoms with E-state index >= 15 is 0 Å². The summed E-state index contributed by atoms with van der Waals surface area (Å²) in [5.74, 6) is -0.726. The van der Waals surface area contributed by atoms with Crippen molar-refractivity contribution in [3.8, 4) is 11.5 Å². The Hall–Kier alpha value is -3.61. The molecule has 7 heteroatoms. The van der Waals surface area contributed by atoms with Crippen LogP contribution in [0.1, 0.15) is 18.9 Å². The molecule has 1 N–H and O–H groups in total. The largest absolute Gasteiger partial charge is 0.493 e. The van der Waals surface area contributed by atoms with Crippen molar-refractivity contribution >= 4 is 29.5 Å². The van der Waals surface area contributed by atoms with Crippen LogP contribution in [-0.4, -0.2) is 24.9 Å². The number of esters is 1. The van der Waals surface area contributed by atoms with Crippen LogP contribution in [0.25, 0.3) is 6.08 Å². The maximum atomic E-state index is 12.6. The Morgan fingerprint density at radius 3 is 2.52 bits per heavy atom. The summed E-state index contributed by atoms with van der Waals surface area (Å²) in [6.07, 6.45) is 1.70. The normalized spacial score (nSPS) is 15.0. The van der Waals surface area contributed by atoms with Gasteiger partial charge in [-0.25, -0.2) is 5.01 Å². The summed E-state index contributed by atoms with van der Waals surface area (Å²) in [5, 5.41) is 1.20. The van der Waals surface area contributed by atoms with Crippen LogP contribution in [0.3, 0.4) is 0 Å². The Bertz CT molecular complexity index is 921. The maximum absolute atomic E-state index is 12.6. The molecule has 2 amide bonds. The van der Waals surface area contributed by atoms with E-state index in [0.29, 0.717) is 17.0 Å². The van der Waals surface area contributed by atoms with Crippen molar-refractivity contribution in [2.24, 2.45) is 0 Å². The van der Waals surface area contributed by atoms with Crippen LogP contribution in [0.4, 0.5) is 5.69 Å². The highest BCUT2D eigenvalue weighted by Gasteiger charge is 2.34. The Kier molecular flexibility index (Phi) is 5.21. The van der Waals surface area contributed by atoms with Gasteiger partial charge in [0.2, 0.25) is 0 Å². The van der Waals surface area contributed by atoms with Gasteiger partial charge >= 0.3 is 5.97 Å². The number of amides is 2. The fourth-order valence-corrected chi connectivity index (χ4v) is 2.54. The number of anilines is 1. The zero-order chi connectivity index (χ0) is 19.4. The minimum absolute atomic E-state index is 0.000732. The number of hydrazine groups is 1. The Labute approximate surface area is 156 Å². The van der Waals surface area contributed by atoms with Crippen LogP contribution in [0.5, 0.6) is 11.5 Å². The summed E-state index contributed by atoms with van der Waals surface area (Å²) >= 11 is 0. The van der Waals surface area contributed by atoms with Crippen LogP contribution in [0.2, 0.25) is 0 Å². The lowest BCUT2D eigenvalue weighted by Crippen LogP contribution is -2.35. The van der Waals surface area contributed by atoms with Gasteiger partial charge in [0.15, 0.2) is 11.5 Å². The van der Waals surface area contributed by atoms with Crippen molar-refractivity contribution in [3.05, 3.63) is 59.7 Å². The lowest BCUT2D eigenvalue weighted by molar-refractivity contribution is -0.134. The molecule has 7 nitrogen and oxygen atoms in total. The average Bonchev–Trinajstić information content (AvgIpc) is 2.97. The van der Waals surface area contributed by atoms with Gasteiger partial charge in [0.05, 0.1) is 12.8 Å². The molecule has 2 aromatic rings. The topological polar surface area (TPSA) is 84.9 Å². The first-order chi connectivity index (χ1) is 13.0. The first kappa shape index (κ1) is 18.2. The van der Waals surface area contributed by atoms with Gasteiger partial charge in [-0.15, -0.1) is 0 Å². The van der Waals surface area contributed by atoms with E-state index in [1.165, 1.54) is 18.2 Å². The zero-order valence-corrected chi connectivity index (χ0v) is 14.9. The van der Waals surface area contributed by atoms with Gasteiger partial charge in [-0.2, -0.15) is 0 Å². The van der Waals surface area contributed by atoms with Crippen molar-refractivity contribution in [3.63, 3.8) is 0 Å². The minimum Gasteiger partial charge on any atom is -0.493 e. The van der Waals surface area contributed by atoms with E-state index in [1.807, 2.05) is 6.07 Å². The number of para-hydroxylation sites is 1. The smallest absolute Gasteiger partial charge is 0.311 e. The second-order valence-corrected chi connectivity index (χ2v) is 5.71. The van der Waals surface area contributed by atoms with Crippen LogP contribution in [0, 0.1) is 0 Å². The van der Waals surface area contributed by atoms with Gasteiger partial charge in [-0.1, -0.05) is 31.2 Å². The highest BCUT2D eigenvalue weighted by molar-refractivity contribution is 6.31. The van der Waals surface area contributed by atoms with Crippen LogP contribution in [0.15, 0.2) is 54.1 Å². The molecular formula is C20H18N2O5. The lowest BCUT2D eigenvalue weighted by Gasteiger charge is -2.13. The van der Waals surface area contributed by atoms with Gasteiger partial charge in [-0.3, -0.25) is 19.8 Å². The van der Waals surface area contributed by atoms with E-state index in [2.05, 4.69) is 5.43 Å². The third-order valence-corrected chi connectivity index (χ3v) is 3.92. The van der Waals surface area contributed by atoms with Crippen molar-refractivity contribution < 1.29 is 23.9 Å². The fraction of sp³-hybridized carbons (Fsp3) is 0.150. The van der Waals surface area contributed by atoms with Crippen molar-refractivity contribution in [1.29, 1.82) is 0 Å². The molecule has 1 saturated heterocycles. The third-order valence-electron chi connectivity index (χ3n) is 3.92. The van der Waals surface area contributed by atoms with Crippen molar-refractivity contribution in [1.82, 2.24) is 5.43 Å². The van der Waals surface area contributed by atoms with E-state index in [9.17, 15) is 14.4 Å². The number of ether oxygens (including phenoxy) is 2. The molecule has 0 spiro atoms. The number of carbonyl (C=O) groups is 3. The molecule has 3 rings (SSSR count). The van der Waals surface area contributed by atoms with E-state index in [1.54, 1.807) is 49.4 Å². The summed E-state index contributed by atoms with van der Waals surface area (Å²) in [4.78, 5) is 36.3. The summed E-state index contributed by atoms with van der Waals surface area (Å²) in [6.45, 7) is 1.69. The zero-order valence-electron chi connectivity index (χ0n) is 14.9. The quantitative estimate of drug-likeness (QED) is 0.380. The standard InChI is InChI=1S/C20H18N2O5/c1-3-18(23)27-16-10-9-13(12-17(16)26-2)11-15-19(24)21-22(20(15)25)14-7-5-4-6-8-14/h4-12H,3H2,1-2H3,(H,21,24)/b15-11+. The molecule has 1 aliphatic heterocycles. The summed E-state index contributed by atoms with van der Waals surface area (Å²) in [6, 6.07) is 13.6. The molecule has 0 aliphatic carbocycles. The molecule has 27 heavy (non-hydrogen) atoms. The molecule has 1 aliphatic rings. The number of carbonyl (C=O) groups excluding carboxylic acids is 3. The van der Waals surface area contributed by atoms with E-state index in [0.717, 1.165) is 0 Å². The highest BCUT2D eigenvalue weighted by atomic mass is 16.6.